The minimum absolute atomic E-state index is 0.0676. The van der Waals surface area contributed by atoms with Crippen LogP contribution in [0.15, 0.2) is 59.3 Å². The second kappa shape index (κ2) is 13.4. The highest BCUT2D eigenvalue weighted by Gasteiger charge is 2.75. The van der Waals surface area contributed by atoms with Crippen molar-refractivity contribution in [2.45, 2.75) is 94.9 Å². The molecule has 4 fully saturated rings. The Balaban J connectivity index is 0.000000165. The van der Waals surface area contributed by atoms with Gasteiger partial charge in [-0.2, -0.15) is 0 Å². The number of halogens is 1. The topological polar surface area (TPSA) is 234 Å². The number of ether oxygens (including phenoxy) is 1. The van der Waals surface area contributed by atoms with Gasteiger partial charge in [-0.25, -0.2) is 19.3 Å². The summed E-state index contributed by atoms with van der Waals surface area (Å²) in [5, 5.41) is 64.4. The molecule has 0 amide bonds. The van der Waals surface area contributed by atoms with Gasteiger partial charge < -0.3 is 45.1 Å². The van der Waals surface area contributed by atoms with E-state index in [2.05, 4.69) is 20.3 Å². The van der Waals surface area contributed by atoms with E-state index in [-0.39, 0.29) is 18.1 Å². The van der Waals surface area contributed by atoms with Crippen LogP contribution < -0.4 is 5.32 Å². The number of aromatic nitrogens is 4. The van der Waals surface area contributed by atoms with Crippen molar-refractivity contribution in [3.8, 4) is 0 Å². The molecule has 8 rings (SSSR count). The van der Waals surface area contributed by atoms with Crippen LogP contribution in [0.3, 0.4) is 0 Å². The van der Waals surface area contributed by atoms with E-state index >= 15 is 4.39 Å². The Kier molecular flexibility index (Phi) is 9.49. The van der Waals surface area contributed by atoms with Crippen LogP contribution in [0.1, 0.15) is 58.4 Å². The maximum atomic E-state index is 16.9. The second-order valence-corrected chi connectivity index (χ2v) is 15.5. The lowest BCUT2D eigenvalue weighted by Crippen LogP contribution is -2.69. The highest BCUT2D eigenvalue weighted by Crippen LogP contribution is 2.70. The quantitative estimate of drug-likeness (QED) is 0.182. The predicted octanol–water partition coefficient (Wildman–Crippen LogP) is 1.54. The summed E-state index contributed by atoms with van der Waals surface area (Å²) in [4.78, 5) is 37.0. The number of aliphatic hydroxyl groups is 6. The molecule has 12 atom stereocenters. The number of imidazole rings is 1. The van der Waals surface area contributed by atoms with Crippen molar-refractivity contribution >= 4 is 28.5 Å². The molecule has 53 heavy (non-hydrogen) atoms. The summed E-state index contributed by atoms with van der Waals surface area (Å²) in [6.45, 7) is 4.51. The predicted molar refractivity (Wildman–Crippen MR) is 184 cm³/mol. The number of Topliss-reactive ketones (excluding diaryl/α,β-unsaturated/α-hetero) is 1. The number of carbonyl (C=O) groups is 2. The first kappa shape index (κ1) is 37.4. The fourth-order valence-corrected chi connectivity index (χ4v) is 10.1. The van der Waals surface area contributed by atoms with E-state index in [1.807, 2.05) is 6.07 Å². The summed E-state index contributed by atoms with van der Waals surface area (Å²) in [6, 6.07) is 3.63. The Labute approximate surface area is 304 Å². The molecule has 4 heterocycles. The number of hydrogen-bond donors (Lipinski definition) is 7. The summed E-state index contributed by atoms with van der Waals surface area (Å²) < 4.78 is 29.2. The summed E-state index contributed by atoms with van der Waals surface area (Å²) >= 11 is 0. The van der Waals surface area contributed by atoms with E-state index in [0.717, 1.165) is 5.76 Å². The molecule has 16 heteroatoms. The summed E-state index contributed by atoms with van der Waals surface area (Å²) in [6.07, 6.45) is 4.69. The number of aliphatic hydroxyl groups excluding tert-OH is 5. The molecule has 0 radical (unpaired) electrons. The van der Waals surface area contributed by atoms with Crippen molar-refractivity contribution in [2.24, 2.45) is 28.6 Å². The van der Waals surface area contributed by atoms with Crippen molar-refractivity contribution in [1.29, 1.82) is 0 Å². The van der Waals surface area contributed by atoms with Gasteiger partial charge in [-0.3, -0.25) is 14.2 Å². The van der Waals surface area contributed by atoms with E-state index in [1.54, 1.807) is 39.2 Å². The zero-order valence-electron chi connectivity index (χ0n) is 29.7. The molecule has 0 spiro atoms. The van der Waals surface area contributed by atoms with Gasteiger partial charge in [0, 0.05) is 16.7 Å². The maximum absolute atomic E-state index is 16.9. The smallest absolute Gasteiger partial charge is 0.190 e. The van der Waals surface area contributed by atoms with Crippen molar-refractivity contribution in [1.82, 2.24) is 19.5 Å². The number of fused-ring (bicyclic) bond motifs is 6. The van der Waals surface area contributed by atoms with Gasteiger partial charge in [0.05, 0.1) is 31.8 Å². The Morgan fingerprint density at radius 2 is 1.91 bits per heavy atom. The average Bonchev–Trinajstić information content (AvgIpc) is 3.92. The number of anilines is 1. The van der Waals surface area contributed by atoms with Gasteiger partial charge in [-0.15, -0.1) is 0 Å². The normalized spacial score (nSPS) is 40.2. The minimum Gasteiger partial charge on any atom is -0.467 e. The summed E-state index contributed by atoms with van der Waals surface area (Å²) in [5.74, 6) is -0.868. The number of furan rings is 1. The second-order valence-electron chi connectivity index (χ2n) is 15.5. The zero-order chi connectivity index (χ0) is 38.1. The fourth-order valence-electron chi connectivity index (χ4n) is 10.1. The van der Waals surface area contributed by atoms with Crippen LogP contribution in [-0.2, 0) is 20.9 Å². The third-order valence-electron chi connectivity index (χ3n) is 13.0. The standard InChI is InChI=1S/C22H29FO5.C15H17N5O5/c1-12-8-16-15-5-4-13-9-14(25)6-7-19(13,2)21(15,23)17(26)10-20(16,3)22(12,28)18(27)11-24;21-5-9-11(22)12(23)15(25-9)20-7-19-10-13(17-6-18-14(10)20)16-4-8-2-1-3-24-8/h6-7,9,12,15-17,24,26,28H,4-5,8,10-11H2,1-3H3;1-3,6-7,9,11-12,15,21-23H,4-5H2,(H,16,17,18)/t12-,15+,16+,17+,19+,20+,21+,22+;9-,11-,12-,15-/m11/s1. The van der Waals surface area contributed by atoms with Crippen molar-refractivity contribution in [2.75, 3.05) is 18.5 Å². The average molecular weight is 740 g/mol. The first-order valence-corrected chi connectivity index (χ1v) is 17.9. The third-order valence-corrected chi connectivity index (χ3v) is 13.0. The van der Waals surface area contributed by atoms with E-state index in [0.29, 0.717) is 48.4 Å². The Hall–Kier alpha value is -3.90. The highest BCUT2D eigenvalue weighted by atomic mass is 19.1. The molecule has 15 nitrogen and oxygen atoms in total. The van der Waals surface area contributed by atoms with E-state index < -0.39 is 83.6 Å². The monoisotopic (exact) mass is 739 g/mol. The molecular formula is C37H46FN5O10. The van der Waals surface area contributed by atoms with Crippen LogP contribution in [-0.4, -0.2) is 111 Å². The number of ketones is 2. The third kappa shape index (κ3) is 5.44. The fraction of sp³-hybridized carbons (Fsp3) is 0.595. The molecule has 286 valence electrons. The van der Waals surface area contributed by atoms with Gasteiger partial charge in [0.25, 0.3) is 0 Å². The van der Waals surface area contributed by atoms with Crippen LogP contribution in [0.25, 0.3) is 11.2 Å². The molecule has 0 bridgehead atoms. The van der Waals surface area contributed by atoms with Gasteiger partial charge in [0.1, 0.15) is 42.6 Å². The Morgan fingerprint density at radius 3 is 2.58 bits per heavy atom. The van der Waals surface area contributed by atoms with Crippen molar-refractivity contribution in [3.05, 3.63) is 60.6 Å². The molecule has 1 saturated heterocycles. The van der Waals surface area contributed by atoms with Gasteiger partial charge in [-0.05, 0) is 68.7 Å². The largest absolute Gasteiger partial charge is 0.467 e. The van der Waals surface area contributed by atoms with Gasteiger partial charge in [0.2, 0.25) is 0 Å². The molecule has 3 saturated carbocycles. The SMILES string of the molecule is C[C@@H]1C[C@H]2[C@@H]3CCC4=CC(=O)C=C[C@]4(C)[C@@]3(F)[C@@H](O)C[C@]2(C)[C@@]1(O)C(=O)CO.OC[C@H]1O[C@@H](n2cnc3c(NCc4ccco4)ncnc32)[C@H](O)[C@@H]1O. The number of rotatable bonds is 7. The van der Waals surface area contributed by atoms with Gasteiger partial charge in [-0.1, -0.05) is 25.5 Å². The molecule has 5 aliphatic rings. The first-order valence-electron chi connectivity index (χ1n) is 17.9. The molecule has 3 aromatic heterocycles. The molecule has 7 N–H and O–H groups in total. The lowest BCUT2D eigenvalue weighted by Gasteiger charge is -2.62. The summed E-state index contributed by atoms with van der Waals surface area (Å²) in [5.41, 5.74) is -4.24. The maximum Gasteiger partial charge on any atom is 0.190 e. The molecule has 4 aliphatic carbocycles. The number of nitrogens with zero attached hydrogens (tertiary/aromatic N) is 4. The zero-order valence-corrected chi connectivity index (χ0v) is 29.7. The van der Waals surface area contributed by atoms with Gasteiger partial charge >= 0.3 is 0 Å². The minimum atomic E-state index is -1.98. The van der Waals surface area contributed by atoms with Crippen molar-refractivity contribution < 1.29 is 53.8 Å². The molecule has 3 aromatic rings. The van der Waals surface area contributed by atoms with Crippen LogP contribution in [0.4, 0.5) is 10.2 Å². The highest BCUT2D eigenvalue weighted by molar-refractivity contribution is 6.01. The van der Waals surface area contributed by atoms with E-state index in [9.17, 15) is 40.2 Å². The Bertz CT molecular complexity index is 1940. The van der Waals surface area contributed by atoms with Gasteiger partial charge in [0.15, 0.2) is 40.4 Å². The first-order chi connectivity index (χ1) is 25.1. The molecule has 0 aromatic carbocycles. The lowest BCUT2D eigenvalue weighted by atomic mass is 9.44. The van der Waals surface area contributed by atoms with Crippen molar-refractivity contribution in [3.63, 3.8) is 0 Å². The van der Waals surface area contributed by atoms with Crippen LogP contribution >= 0.6 is 0 Å². The van der Waals surface area contributed by atoms with Crippen LogP contribution in [0.5, 0.6) is 0 Å². The number of allylic oxidation sites excluding steroid dienone is 4. The van der Waals surface area contributed by atoms with E-state index in [1.165, 1.54) is 29.4 Å². The lowest BCUT2D eigenvalue weighted by molar-refractivity contribution is -0.219. The number of nitrogens with one attached hydrogen (secondary N) is 1. The molecule has 0 unspecified atom stereocenters. The molecular weight excluding hydrogens is 693 g/mol. The van der Waals surface area contributed by atoms with Crippen LogP contribution in [0.2, 0.25) is 0 Å². The molecule has 1 aliphatic heterocycles. The van der Waals surface area contributed by atoms with E-state index in [4.69, 9.17) is 9.15 Å². The number of carbonyl (C=O) groups excluding carboxylic acids is 2. The Morgan fingerprint density at radius 1 is 1.13 bits per heavy atom. The van der Waals surface area contributed by atoms with Crippen LogP contribution in [0, 0.1) is 28.6 Å². The number of hydrogen-bond acceptors (Lipinski definition) is 14. The number of alkyl halides is 1. The summed E-state index contributed by atoms with van der Waals surface area (Å²) in [7, 11) is 0.